The van der Waals surface area contributed by atoms with Gasteiger partial charge >= 0.3 is 0 Å². The summed E-state index contributed by atoms with van der Waals surface area (Å²) < 4.78 is 33.5. The number of rotatable bonds is 5. The van der Waals surface area contributed by atoms with E-state index in [1.54, 1.807) is 24.3 Å². The van der Waals surface area contributed by atoms with E-state index < -0.39 is 10.0 Å². The van der Waals surface area contributed by atoms with Gasteiger partial charge in [-0.1, -0.05) is 18.2 Å². The van der Waals surface area contributed by atoms with E-state index in [0.717, 1.165) is 31.7 Å². The Hall–Kier alpha value is -1.89. The molecule has 0 unspecified atom stereocenters. The minimum atomic E-state index is -3.49. The van der Waals surface area contributed by atoms with Crippen molar-refractivity contribution in [2.75, 3.05) is 20.1 Å². The Morgan fingerprint density at radius 2 is 1.54 bits per heavy atom. The minimum absolute atomic E-state index is 0.00597. The van der Waals surface area contributed by atoms with E-state index in [9.17, 15) is 8.42 Å². The van der Waals surface area contributed by atoms with Crippen molar-refractivity contribution in [2.24, 2.45) is 0 Å². The van der Waals surface area contributed by atoms with E-state index in [1.807, 2.05) is 30.3 Å². The Balaban J connectivity index is 1.65. The fourth-order valence-corrected chi connectivity index (χ4v) is 4.03. The van der Waals surface area contributed by atoms with E-state index in [1.165, 1.54) is 0 Å². The predicted molar refractivity (Wildman–Crippen MR) is 93.8 cm³/mol. The summed E-state index contributed by atoms with van der Waals surface area (Å²) in [6, 6.07) is 15.9. The molecule has 1 heterocycles. The highest BCUT2D eigenvalue weighted by molar-refractivity contribution is 7.89. The first kappa shape index (κ1) is 17.0. The molecule has 0 saturated carbocycles. The molecule has 0 spiro atoms. The van der Waals surface area contributed by atoms with Gasteiger partial charge in [-0.2, -0.15) is 0 Å². The zero-order valence-corrected chi connectivity index (χ0v) is 14.5. The van der Waals surface area contributed by atoms with Crippen molar-refractivity contribution in [3.8, 4) is 11.5 Å². The van der Waals surface area contributed by atoms with Crippen molar-refractivity contribution in [1.29, 1.82) is 0 Å². The molecule has 0 bridgehead atoms. The molecule has 0 aromatic heterocycles. The van der Waals surface area contributed by atoms with Crippen LogP contribution in [0.15, 0.2) is 59.5 Å². The Kier molecular flexibility index (Phi) is 5.18. The van der Waals surface area contributed by atoms with Gasteiger partial charge in [0.1, 0.15) is 11.5 Å². The molecule has 1 saturated heterocycles. The number of piperidine rings is 1. The third-order valence-electron chi connectivity index (χ3n) is 4.15. The Morgan fingerprint density at radius 3 is 2.17 bits per heavy atom. The first-order valence-corrected chi connectivity index (χ1v) is 9.55. The standard InChI is InChI=1S/C18H22N2O3S/c1-20-13-11-15(12-14-20)19-24(21,22)18-9-7-17(8-10-18)23-16-5-3-2-4-6-16/h2-10,15,19H,11-14H2,1H3. The van der Waals surface area contributed by atoms with Crippen LogP contribution >= 0.6 is 0 Å². The smallest absolute Gasteiger partial charge is 0.240 e. The summed E-state index contributed by atoms with van der Waals surface area (Å²) in [5.41, 5.74) is 0. The average Bonchev–Trinajstić information content (AvgIpc) is 2.58. The molecule has 0 aliphatic carbocycles. The number of sulfonamides is 1. The van der Waals surface area contributed by atoms with Gasteiger partial charge in [-0.15, -0.1) is 0 Å². The summed E-state index contributed by atoms with van der Waals surface area (Å²) in [6.45, 7) is 1.83. The van der Waals surface area contributed by atoms with Gasteiger partial charge in [-0.3, -0.25) is 0 Å². The SMILES string of the molecule is CN1CCC(NS(=O)(=O)c2ccc(Oc3ccccc3)cc2)CC1. The van der Waals surface area contributed by atoms with Crippen LogP contribution in [0.2, 0.25) is 0 Å². The van der Waals surface area contributed by atoms with Crippen LogP contribution in [0.25, 0.3) is 0 Å². The van der Waals surface area contributed by atoms with E-state index in [0.29, 0.717) is 5.75 Å². The van der Waals surface area contributed by atoms with Crippen molar-refractivity contribution in [1.82, 2.24) is 9.62 Å². The van der Waals surface area contributed by atoms with Crippen LogP contribution in [0.3, 0.4) is 0 Å². The zero-order valence-electron chi connectivity index (χ0n) is 13.7. The van der Waals surface area contributed by atoms with Crippen LogP contribution in [-0.2, 0) is 10.0 Å². The number of para-hydroxylation sites is 1. The summed E-state index contributed by atoms with van der Waals surface area (Å²) in [5.74, 6) is 1.33. The van der Waals surface area contributed by atoms with Crippen LogP contribution in [0, 0.1) is 0 Å². The summed E-state index contributed by atoms with van der Waals surface area (Å²) in [7, 11) is -1.44. The van der Waals surface area contributed by atoms with Gasteiger partial charge in [0.2, 0.25) is 10.0 Å². The van der Waals surface area contributed by atoms with Crippen molar-refractivity contribution in [3.63, 3.8) is 0 Å². The van der Waals surface area contributed by atoms with Gasteiger partial charge in [0.15, 0.2) is 0 Å². The summed E-state index contributed by atoms with van der Waals surface area (Å²) >= 11 is 0. The van der Waals surface area contributed by atoms with Gasteiger partial charge in [0, 0.05) is 6.04 Å². The summed E-state index contributed by atoms with van der Waals surface area (Å²) in [5, 5.41) is 0. The Labute approximate surface area is 143 Å². The normalized spacial score (nSPS) is 16.9. The maximum atomic E-state index is 12.5. The first-order valence-electron chi connectivity index (χ1n) is 8.07. The molecular formula is C18H22N2O3S. The number of ether oxygens (including phenoxy) is 1. The van der Waals surface area contributed by atoms with Crippen LogP contribution in [0.5, 0.6) is 11.5 Å². The van der Waals surface area contributed by atoms with E-state index >= 15 is 0 Å². The lowest BCUT2D eigenvalue weighted by Gasteiger charge is -2.29. The maximum Gasteiger partial charge on any atom is 0.240 e. The van der Waals surface area contributed by atoms with Gasteiger partial charge in [0.05, 0.1) is 4.90 Å². The molecule has 1 aliphatic rings. The van der Waals surface area contributed by atoms with E-state index in [2.05, 4.69) is 16.7 Å². The molecule has 0 amide bonds. The minimum Gasteiger partial charge on any atom is -0.457 e. The molecule has 0 atom stereocenters. The highest BCUT2D eigenvalue weighted by atomic mass is 32.2. The van der Waals surface area contributed by atoms with Gasteiger partial charge in [-0.25, -0.2) is 13.1 Å². The second kappa shape index (κ2) is 7.34. The number of likely N-dealkylation sites (tertiary alicyclic amines) is 1. The second-order valence-electron chi connectivity index (χ2n) is 6.09. The monoisotopic (exact) mass is 346 g/mol. The molecule has 6 heteroatoms. The molecule has 24 heavy (non-hydrogen) atoms. The highest BCUT2D eigenvalue weighted by Crippen LogP contribution is 2.23. The number of hydrogen-bond donors (Lipinski definition) is 1. The lowest BCUT2D eigenvalue weighted by atomic mass is 10.1. The number of benzene rings is 2. The Morgan fingerprint density at radius 1 is 0.958 bits per heavy atom. The third kappa shape index (κ3) is 4.35. The lowest BCUT2D eigenvalue weighted by molar-refractivity contribution is 0.248. The number of hydrogen-bond acceptors (Lipinski definition) is 4. The van der Waals surface area contributed by atoms with Gasteiger partial charge in [0.25, 0.3) is 0 Å². The zero-order chi connectivity index (χ0) is 17.0. The number of nitrogens with zero attached hydrogens (tertiary/aromatic N) is 1. The molecule has 128 valence electrons. The quantitative estimate of drug-likeness (QED) is 0.904. The molecule has 0 radical (unpaired) electrons. The first-order chi connectivity index (χ1) is 11.5. The second-order valence-corrected chi connectivity index (χ2v) is 7.80. The van der Waals surface area contributed by atoms with Crippen LogP contribution < -0.4 is 9.46 Å². The topological polar surface area (TPSA) is 58.6 Å². The largest absolute Gasteiger partial charge is 0.457 e. The third-order valence-corrected chi connectivity index (χ3v) is 5.69. The maximum absolute atomic E-state index is 12.5. The fourth-order valence-electron chi connectivity index (χ4n) is 2.73. The number of nitrogens with one attached hydrogen (secondary N) is 1. The van der Waals surface area contributed by atoms with Gasteiger partial charge in [-0.05, 0) is 69.4 Å². The van der Waals surface area contributed by atoms with E-state index in [4.69, 9.17) is 4.74 Å². The highest BCUT2D eigenvalue weighted by Gasteiger charge is 2.23. The average molecular weight is 346 g/mol. The molecule has 1 aliphatic heterocycles. The van der Waals surface area contributed by atoms with Crippen molar-refractivity contribution in [3.05, 3.63) is 54.6 Å². The molecule has 1 fully saturated rings. The van der Waals surface area contributed by atoms with Crippen LogP contribution in [0.1, 0.15) is 12.8 Å². The molecule has 3 rings (SSSR count). The van der Waals surface area contributed by atoms with Gasteiger partial charge < -0.3 is 9.64 Å². The molecular weight excluding hydrogens is 324 g/mol. The predicted octanol–water partition coefficient (Wildman–Crippen LogP) is 2.85. The van der Waals surface area contributed by atoms with Crippen LogP contribution in [0.4, 0.5) is 0 Å². The molecule has 1 N–H and O–H groups in total. The Bertz CT molecular complexity index is 753. The molecule has 5 nitrogen and oxygen atoms in total. The molecule has 2 aromatic carbocycles. The van der Waals surface area contributed by atoms with Crippen molar-refractivity contribution >= 4 is 10.0 Å². The van der Waals surface area contributed by atoms with Crippen LogP contribution in [-0.4, -0.2) is 39.5 Å². The summed E-state index contributed by atoms with van der Waals surface area (Å²) in [6.07, 6.45) is 1.68. The van der Waals surface area contributed by atoms with Crippen molar-refractivity contribution in [2.45, 2.75) is 23.8 Å². The fraction of sp³-hybridized carbons (Fsp3) is 0.333. The summed E-state index contributed by atoms with van der Waals surface area (Å²) in [4.78, 5) is 2.47. The van der Waals surface area contributed by atoms with Crippen molar-refractivity contribution < 1.29 is 13.2 Å². The molecule has 2 aromatic rings. The lowest BCUT2D eigenvalue weighted by Crippen LogP contribution is -2.43. The van der Waals surface area contributed by atoms with E-state index in [-0.39, 0.29) is 10.9 Å².